The van der Waals surface area contributed by atoms with Crippen molar-refractivity contribution in [3.8, 4) is 11.4 Å². The number of rotatable bonds is 8. The second-order valence-electron chi connectivity index (χ2n) is 6.04. The van der Waals surface area contributed by atoms with E-state index in [1.54, 1.807) is 42.5 Å². The van der Waals surface area contributed by atoms with Gasteiger partial charge in [0.1, 0.15) is 18.4 Å². The number of amides is 1. The predicted molar refractivity (Wildman–Crippen MR) is 116 cm³/mol. The summed E-state index contributed by atoms with van der Waals surface area (Å²) in [5.74, 6) is 0.705. The topological polar surface area (TPSA) is 108 Å². The number of hydrogen-bond acceptors (Lipinski definition) is 8. The van der Waals surface area contributed by atoms with Crippen LogP contribution >= 0.6 is 35.0 Å². The number of carbonyl (C=O) groups excluding carboxylic acids is 1. The van der Waals surface area contributed by atoms with Crippen molar-refractivity contribution in [1.82, 2.24) is 25.0 Å². The Bertz CT molecular complexity index is 1170. The number of nitrogens with zero attached hydrogens (tertiary/aromatic N) is 5. The summed E-state index contributed by atoms with van der Waals surface area (Å²) in [5.41, 5.74) is 1.14. The first kappa shape index (κ1) is 21.2. The highest BCUT2D eigenvalue weighted by molar-refractivity contribution is 7.99. The Hall–Kier alpha value is -3.08. The van der Waals surface area contributed by atoms with Crippen LogP contribution in [-0.4, -0.2) is 36.6 Å². The highest BCUT2D eigenvalue weighted by atomic mass is 35.5. The normalized spacial score (nSPS) is 10.8. The van der Waals surface area contributed by atoms with Crippen LogP contribution in [0.1, 0.15) is 5.89 Å². The van der Waals surface area contributed by atoms with Crippen molar-refractivity contribution in [2.24, 2.45) is 0 Å². The van der Waals surface area contributed by atoms with Crippen molar-refractivity contribution >= 4 is 46.6 Å². The van der Waals surface area contributed by atoms with Crippen molar-refractivity contribution in [2.75, 3.05) is 11.1 Å². The number of halogens is 2. The van der Waals surface area contributed by atoms with Crippen LogP contribution in [0.3, 0.4) is 0 Å². The maximum absolute atomic E-state index is 12.4. The lowest BCUT2D eigenvalue weighted by atomic mass is 10.2. The summed E-state index contributed by atoms with van der Waals surface area (Å²) in [7, 11) is 0. The number of anilines is 1. The summed E-state index contributed by atoms with van der Waals surface area (Å²) >= 11 is 13.0. The lowest BCUT2D eigenvalue weighted by Crippen LogP contribution is -2.16. The molecule has 0 aliphatic carbocycles. The van der Waals surface area contributed by atoms with Crippen molar-refractivity contribution in [3.63, 3.8) is 0 Å². The molecule has 12 heteroatoms. The lowest BCUT2D eigenvalue weighted by molar-refractivity contribution is -0.113. The van der Waals surface area contributed by atoms with Gasteiger partial charge in [0.15, 0.2) is 6.61 Å². The van der Waals surface area contributed by atoms with Gasteiger partial charge in [-0.25, -0.2) is 9.67 Å². The third-order valence-electron chi connectivity index (χ3n) is 3.85. The maximum atomic E-state index is 12.4. The number of nitrogens with one attached hydrogen (secondary N) is 1. The minimum Gasteiger partial charge on any atom is -0.484 e. The summed E-state index contributed by atoms with van der Waals surface area (Å²) < 4.78 is 12.6. The molecule has 0 unspecified atom stereocenters. The molecule has 0 aliphatic rings. The van der Waals surface area contributed by atoms with Gasteiger partial charge in [0.2, 0.25) is 5.91 Å². The Morgan fingerprint density at radius 1 is 1.13 bits per heavy atom. The third kappa shape index (κ3) is 5.75. The van der Waals surface area contributed by atoms with E-state index in [0.717, 1.165) is 11.8 Å². The van der Waals surface area contributed by atoms with E-state index in [4.69, 9.17) is 32.4 Å². The second kappa shape index (κ2) is 9.82. The van der Waals surface area contributed by atoms with Gasteiger partial charge in [-0.15, -0.1) is 10.2 Å². The molecule has 0 saturated carbocycles. The van der Waals surface area contributed by atoms with Gasteiger partial charge < -0.3 is 14.5 Å². The molecule has 1 N–H and O–H groups in total. The molecule has 0 spiro atoms. The van der Waals surface area contributed by atoms with Gasteiger partial charge in [-0.1, -0.05) is 35.0 Å². The monoisotopic (exact) mass is 476 g/mol. The van der Waals surface area contributed by atoms with Crippen LogP contribution < -0.4 is 10.1 Å². The van der Waals surface area contributed by atoms with E-state index in [1.807, 2.05) is 0 Å². The van der Waals surface area contributed by atoms with Crippen molar-refractivity contribution in [1.29, 1.82) is 0 Å². The van der Waals surface area contributed by atoms with Crippen molar-refractivity contribution < 1.29 is 13.9 Å². The fourth-order valence-electron chi connectivity index (χ4n) is 2.49. The molecule has 2 aromatic heterocycles. The number of thioether (sulfide) groups is 1. The molecular formula is C19H14Cl2N6O3S. The molecular weight excluding hydrogens is 463 g/mol. The number of aromatic nitrogens is 5. The molecule has 2 heterocycles. The highest BCUT2D eigenvalue weighted by Gasteiger charge is 2.13. The molecule has 0 bridgehead atoms. The zero-order chi connectivity index (χ0) is 21.6. The Balaban J connectivity index is 1.32. The predicted octanol–water partition coefficient (Wildman–Crippen LogP) is 4.27. The summed E-state index contributed by atoms with van der Waals surface area (Å²) in [5, 5.41) is 16.1. The van der Waals surface area contributed by atoms with Crippen LogP contribution in [0.5, 0.6) is 5.75 Å². The summed E-state index contributed by atoms with van der Waals surface area (Å²) in [6.07, 6.45) is 2.93. The number of benzene rings is 2. The van der Waals surface area contributed by atoms with Crippen LogP contribution in [0.25, 0.3) is 5.69 Å². The van der Waals surface area contributed by atoms with E-state index in [0.29, 0.717) is 33.1 Å². The molecule has 0 atom stereocenters. The molecule has 9 nitrogen and oxygen atoms in total. The van der Waals surface area contributed by atoms with E-state index in [1.165, 1.54) is 17.3 Å². The molecule has 4 aromatic rings. The first-order valence-corrected chi connectivity index (χ1v) is 10.6. The maximum Gasteiger partial charge on any atom is 0.277 e. The van der Waals surface area contributed by atoms with E-state index < -0.39 is 0 Å². The molecule has 4 rings (SSSR count). The fourth-order valence-corrected chi connectivity index (χ4v) is 3.36. The summed E-state index contributed by atoms with van der Waals surface area (Å²) in [4.78, 5) is 16.3. The highest BCUT2D eigenvalue weighted by Crippen LogP contribution is 2.25. The van der Waals surface area contributed by atoms with Gasteiger partial charge in [0.05, 0.1) is 17.1 Å². The van der Waals surface area contributed by atoms with Crippen molar-refractivity contribution in [2.45, 2.75) is 11.8 Å². The number of hydrogen-bond donors (Lipinski definition) is 1. The smallest absolute Gasteiger partial charge is 0.277 e. The second-order valence-corrected chi connectivity index (χ2v) is 7.84. The third-order valence-corrected chi connectivity index (χ3v) is 5.15. The Labute approximate surface area is 190 Å². The van der Waals surface area contributed by atoms with Gasteiger partial charge in [-0.05, 0) is 42.5 Å². The minimum absolute atomic E-state index is 0.0585. The quantitative estimate of drug-likeness (QED) is 0.375. The lowest BCUT2D eigenvalue weighted by Gasteiger charge is -2.10. The summed E-state index contributed by atoms with van der Waals surface area (Å²) in [6.45, 7) is 0.102. The number of carbonyl (C=O) groups is 1. The van der Waals surface area contributed by atoms with Crippen LogP contribution in [0.4, 0.5) is 5.69 Å². The van der Waals surface area contributed by atoms with Crippen molar-refractivity contribution in [3.05, 3.63) is 71.1 Å². The van der Waals surface area contributed by atoms with Gasteiger partial charge in [-0.3, -0.25) is 4.79 Å². The SMILES string of the molecule is O=C(CSc1nnc(COc2ccc(Cl)cc2)o1)Nc1cc(Cl)ccc1-n1cncn1. The zero-order valence-electron chi connectivity index (χ0n) is 15.7. The average molecular weight is 477 g/mol. The Morgan fingerprint density at radius 2 is 1.94 bits per heavy atom. The van der Waals surface area contributed by atoms with E-state index >= 15 is 0 Å². The molecule has 1 amide bonds. The summed E-state index contributed by atoms with van der Waals surface area (Å²) in [6, 6.07) is 12.0. The minimum atomic E-state index is -0.272. The van der Waals surface area contributed by atoms with Crippen LogP contribution in [-0.2, 0) is 11.4 Å². The molecule has 0 saturated heterocycles. The first-order valence-electron chi connectivity index (χ1n) is 8.85. The van der Waals surface area contributed by atoms with Gasteiger partial charge >= 0.3 is 0 Å². The van der Waals surface area contributed by atoms with Crippen LogP contribution in [0, 0.1) is 0 Å². The Kier molecular flexibility index (Phi) is 6.70. The average Bonchev–Trinajstić information content (AvgIpc) is 3.44. The van der Waals surface area contributed by atoms with Crippen LogP contribution in [0.15, 0.2) is 64.8 Å². The molecule has 158 valence electrons. The van der Waals surface area contributed by atoms with E-state index in [2.05, 4.69) is 25.6 Å². The molecule has 2 aromatic carbocycles. The molecule has 0 fully saturated rings. The first-order chi connectivity index (χ1) is 15.1. The number of ether oxygens (including phenoxy) is 1. The van der Waals surface area contributed by atoms with Gasteiger partial charge in [0, 0.05) is 10.0 Å². The molecule has 0 radical (unpaired) electrons. The Morgan fingerprint density at radius 3 is 2.71 bits per heavy atom. The standard InChI is InChI=1S/C19H14Cl2N6O3S/c20-12-1-4-14(5-2-12)29-8-18-25-26-19(30-18)31-9-17(28)24-15-7-13(21)3-6-16(15)27-11-22-10-23-27/h1-7,10-11H,8-9H2,(H,24,28). The van der Waals surface area contributed by atoms with Gasteiger partial charge in [-0.2, -0.15) is 5.10 Å². The van der Waals surface area contributed by atoms with E-state index in [9.17, 15) is 4.79 Å². The van der Waals surface area contributed by atoms with E-state index in [-0.39, 0.29) is 23.5 Å². The van der Waals surface area contributed by atoms with Gasteiger partial charge in [0.25, 0.3) is 11.1 Å². The molecule has 0 aliphatic heterocycles. The largest absolute Gasteiger partial charge is 0.484 e. The fraction of sp³-hybridized carbons (Fsp3) is 0.105. The van der Waals surface area contributed by atoms with Crippen LogP contribution in [0.2, 0.25) is 10.0 Å². The zero-order valence-corrected chi connectivity index (χ0v) is 18.1. The molecule has 31 heavy (non-hydrogen) atoms.